The fourth-order valence-electron chi connectivity index (χ4n) is 3.20. The number of rotatable bonds is 9. The second-order valence-electron chi connectivity index (χ2n) is 7.77. The lowest BCUT2D eigenvalue weighted by Crippen LogP contribution is -2.26. The lowest BCUT2D eigenvalue weighted by atomic mass is 10.1. The molecule has 0 bridgehead atoms. The Morgan fingerprint density at radius 2 is 1.61 bits per heavy atom. The first-order valence-electron chi connectivity index (χ1n) is 10.7. The third kappa shape index (κ3) is 6.77. The monoisotopic (exact) mass is 445 g/mol. The van der Waals surface area contributed by atoms with E-state index in [0.717, 1.165) is 11.1 Å². The fraction of sp³-hybridized carbons (Fsp3) is 0.222. The number of aryl methyl sites for hydroxylation is 2. The van der Waals surface area contributed by atoms with E-state index in [-0.39, 0.29) is 18.8 Å². The van der Waals surface area contributed by atoms with Crippen molar-refractivity contribution in [3.63, 3.8) is 0 Å². The van der Waals surface area contributed by atoms with Gasteiger partial charge in [-0.25, -0.2) is 0 Å². The van der Waals surface area contributed by atoms with Crippen molar-refractivity contribution in [1.29, 1.82) is 0 Å². The average molecular weight is 446 g/mol. The molecule has 3 aromatic rings. The third-order valence-electron chi connectivity index (χ3n) is 5.08. The van der Waals surface area contributed by atoms with Crippen LogP contribution in [0.1, 0.15) is 46.5 Å². The van der Waals surface area contributed by atoms with Crippen molar-refractivity contribution >= 4 is 23.3 Å². The molecule has 3 aromatic carbocycles. The quantitative estimate of drug-likeness (QED) is 0.362. The Labute approximate surface area is 193 Å². The Kier molecular flexibility index (Phi) is 7.97. The van der Waals surface area contributed by atoms with E-state index in [1.54, 1.807) is 48.5 Å². The first-order valence-corrected chi connectivity index (χ1v) is 10.7. The molecule has 0 aliphatic carbocycles. The zero-order chi connectivity index (χ0) is 23.8. The van der Waals surface area contributed by atoms with Gasteiger partial charge in [0.15, 0.2) is 5.78 Å². The van der Waals surface area contributed by atoms with Gasteiger partial charge in [0.25, 0.3) is 5.91 Å². The molecular weight excluding hydrogens is 418 g/mol. The lowest BCUT2D eigenvalue weighted by molar-refractivity contribution is -0.155. The van der Waals surface area contributed by atoms with Gasteiger partial charge in [-0.05, 0) is 62.2 Å². The molecule has 6 heteroatoms. The second kappa shape index (κ2) is 11.1. The zero-order valence-corrected chi connectivity index (χ0v) is 19.0. The Hall–Kier alpha value is -3.93. The summed E-state index contributed by atoms with van der Waals surface area (Å²) in [5.41, 5.74) is 3.76. The summed E-state index contributed by atoms with van der Waals surface area (Å²) in [5, 5.41) is 2.88. The van der Waals surface area contributed by atoms with E-state index in [9.17, 15) is 14.4 Å². The molecule has 0 heterocycles. The molecule has 0 fully saturated rings. The van der Waals surface area contributed by atoms with Gasteiger partial charge in [0.05, 0.1) is 13.0 Å². The highest BCUT2D eigenvalue weighted by atomic mass is 16.6. The molecule has 33 heavy (non-hydrogen) atoms. The van der Waals surface area contributed by atoms with Crippen LogP contribution in [0.5, 0.6) is 5.75 Å². The summed E-state index contributed by atoms with van der Waals surface area (Å²) in [4.78, 5) is 36.9. The SMILES string of the molecule is CC(=O)c1ccc(OCCC(=O)OC(C(=O)Nc2cc(C)ccc2C)c2ccccc2)cc1. The number of amides is 1. The first-order chi connectivity index (χ1) is 15.8. The number of esters is 1. The van der Waals surface area contributed by atoms with E-state index < -0.39 is 18.0 Å². The van der Waals surface area contributed by atoms with Crippen molar-refractivity contribution < 1.29 is 23.9 Å². The van der Waals surface area contributed by atoms with Gasteiger partial charge in [-0.1, -0.05) is 42.5 Å². The zero-order valence-electron chi connectivity index (χ0n) is 19.0. The van der Waals surface area contributed by atoms with Gasteiger partial charge in [-0.15, -0.1) is 0 Å². The van der Waals surface area contributed by atoms with Gasteiger partial charge in [-0.2, -0.15) is 0 Å². The van der Waals surface area contributed by atoms with Crippen LogP contribution in [0, 0.1) is 13.8 Å². The maximum Gasteiger partial charge on any atom is 0.310 e. The summed E-state index contributed by atoms with van der Waals surface area (Å²) in [6.45, 7) is 5.42. The van der Waals surface area contributed by atoms with Gasteiger partial charge in [-0.3, -0.25) is 14.4 Å². The minimum atomic E-state index is -1.09. The van der Waals surface area contributed by atoms with Crippen LogP contribution in [0.2, 0.25) is 0 Å². The second-order valence-corrected chi connectivity index (χ2v) is 7.77. The van der Waals surface area contributed by atoms with Crippen LogP contribution in [-0.4, -0.2) is 24.3 Å². The average Bonchev–Trinajstić information content (AvgIpc) is 2.80. The minimum Gasteiger partial charge on any atom is -0.493 e. The lowest BCUT2D eigenvalue weighted by Gasteiger charge is -2.19. The van der Waals surface area contributed by atoms with Crippen LogP contribution in [0.25, 0.3) is 0 Å². The molecule has 0 radical (unpaired) electrons. The fourth-order valence-corrected chi connectivity index (χ4v) is 3.20. The maximum absolute atomic E-state index is 13.0. The normalized spacial score (nSPS) is 11.4. The summed E-state index contributed by atoms with van der Waals surface area (Å²) >= 11 is 0. The maximum atomic E-state index is 13.0. The Morgan fingerprint density at radius 1 is 0.909 bits per heavy atom. The van der Waals surface area contributed by atoms with Crippen LogP contribution in [0.3, 0.4) is 0 Å². The third-order valence-corrected chi connectivity index (χ3v) is 5.08. The molecule has 6 nitrogen and oxygen atoms in total. The van der Waals surface area contributed by atoms with Crippen molar-refractivity contribution in [1.82, 2.24) is 0 Å². The summed E-state index contributed by atoms with van der Waals surface area (Å²) in [7, 11) is 0. The molecule has 170 valence electrons. The highest BCUT2D eigenvalue weighted by Crippen LogP contribution is 2.23. The van der Waals surface area contributed by atoms with E-state index >= 15 is 0 Å². The molecule has 0 aromatic heterocycles. The van der Waals surface area contributed by atoms with Crippen LogP contribution < -0.4 is 10.1 Å². The number of nitrogens with one attached hydrogen (secondary N) is 1. The topological polar surface area (TPSA) is 81.7 Å². The minimum absolute atomic E-state index is 0.0313. The van der Waals surface area contributed by atoms with E-state index in [0.29, 0.717) is 22.6 Å². The highest BCUT2D eigenvalue weighted by molar-refractivity contribution is 5.96. The smallest absolute Gasteiger partial charge is 0.310 e. The summed E-state index contributed by atoms with van der Waals surface area (Å²) in [6, 6.07) is 21.3. The number of ketones is 1. The van der Waals surface area contributed by atoms with Gasteiger partial charge in [0.2, 0.25) is 6.10 Å². The number of hydrogen-bond acceptors (Lipinski definition) is 5. The molecule has 3 rings (SSSR count). The van der Waals surface area contributed by atoms with E-state index in [4.69, 9.17) is 9.47 Å². The molecule has 1 amide bonds. The number of Topliss-reactive ketones (excluding diaryl/α,β-unsaturated/α-hetero) is 1. The molecule has 1 atom stereocenters. The van der Waals surface area contributed by atoms with Crippen LogP contribution in [-0.2, 0) is 14.3 Å². The predicted molar refractivity (Wildman–Crippen MR) is 126 cm³/mol. The molecule has 1 unspecified atom stereocenters. The number of hydrogen-bond donors (Lipinski definition) is 1. The van der Waals surface area contributed by atoms with Crippen molar-refractivity contribution in [2.24, 2.45) is 0 Å². The van der Waals surface area contributed by atoms with Crippen molar-refractivity contribution in [3.8, 4) is 5.75 Å². The molecule has 0 saturated heterocycles. The molecular formula is C27H27NO5. The largest absolute Gasteiger partial charge is 0.493 e. The number of ether oxygens (including phenoxy) is 2. The Bertz CT molecular complexity index is 1120. The van der Waals surface area contributed by atoms with E-state index in [1.165, 1.54) is 6.92 Å². The summed E-state index contributed by atoms with van der Waals surface area (Å²) < 4.78 is 11.1. The molecule has 1 N–H and O–H groups in total. The number of benzene rings is 3. The van der Waals surface area contributed by atoms with Crippen molar-refractivity contribution in [2.75, 3.05) is 11.9 Å². The number of anilines is 1. The standard InChI is InChI=1S/C27H27NO5/c1-18-9-10-19(2)24(17-18)28-27(31)26(22-7-5-4-6-8-22)33-25(30)15-16-32-23-13-11-21(12-14-23)20(3)29/h4-14,17,26H,15-16H2,1-3H3,(H,28,31). The number of carbonyl (C=O) groups excluding carboxylic acids is 3. The summed E-state index contributed by atoms with van der Waals surface area (Å²) in [6.07, 6.45) is -1.12. The van der Waals surface area contributed by atoms with Crippen LogP contribution in [0.4, 0.5) is 5.69 Å². The predicted octanol–water partition coefficient (Wildman–Crippen LogP) is 5.20. The van der Waals surface area contributed by atoms with E-state index in [2.05, 4.69) is 5.32 Å². The Balaban J connectivity index is 1.63. The van der Waals surface area contributed by atoms with Gasteiger partial charge >= 0.3 is 5.97 Å². The molecule has 0 aliphatic rings. The Morgan fingerprint density at radius 3 is 2.27 bits per heavy atom. The first kappa shape index (κ1) is 23.7. The van der Waals surface area contributed by atoms with Gasteiger partial charge < -0.3 is 14.8 Å². The molecule has 0 spiro atoms. The molecule has 0 saturated carbocycles. The summed E-state index contributed by atoms with van der Waals surface area (Å²) in [5.74, 6) is -0.472. The van der Waals surface area contributed by atoms with Crippen molar-refractivity contribution in [2.45, 2.75) is 33.3 Å². The van der Waals surface area contributed by atoms with Crippen LogP contribution >= 0.6 is 0 Å². The number of carbonyl (C=O) groups is 3. The van der Waals surface area contributed by atoms with Gasteiger partial charge in [0, 0.05) is 16.8 Å². The molecule has 0 aliphatic heterocycles. The van der Waals surface area contributed by atoms with E-state index in [1.807, 2.05) is 38.1 Å². The highest BCUT2D eigenvalue weighted by Gasteiger charge is 2.25. The van der Waals surface area contributed by atoms with Gasteiger partial charge in [0.1, 0.15) is 5.75 Å². The van der Waals surface area contributed by atoms with Crippen molar-refractivity contribution in [3.05, 3.63) is 95.1 Å². The van der Waals surface area contributed by atoms with Crippen LogP contribution in [0.15, 0.2) is 72.8 Å².